The molecule has 39 heteroatoms. The summed E-state index contributed by atoms with van der Waals surface area (Å²) in [6.07, 6.45) is 26.8. The van der Waals surface area contributed by atoms with Crippen molar-refractivity contribution >= 4 is 154 Å². The van der Waals surface area contributed by atoms with Crippen LogP contribution in [0.5, 0.6) is 0 Å². The first kappa shape index (κ1) is 118. The van der Waals surface area contributed by atoms with E-state index in [0.29, 0.717) is 43.2 Å². The van der Waals surface area contributed by atoms with Gasteiger partial charge in [-0.3, -0.25) is 38.3 Å². The molecule has 147 heavy (non-hydrogen) atoms. The summed E-state index contributed by atoms with van der Waals surface area (Å²) >= 11 is 15.4. The maximum atomic E-state index is 12.4. The quantitative estimate of drug-likeness (QED) is 0.0446. The Morgan fingerprint density at radius 3 is 1.03 bits per heavy atom. The number of halogens is 5. The Morgan fingerprint density at radius 2 is 0.673 bits per heavy atom. The molecule has 7 N–H and O–H groups in total. The molecule has 30 nitrogen and oxygen atoms in total. The van der Waals surface area contributed by atoms with Gasteiger partial charge < -0.3 is 72.7 Å². The highest BCUT2D eigenvalue weighted by atomic mass is 127. The fraction of sp³-hybridized carbons (Fsp3) is 0.343. The molecule has 11 aromatic heterocycles. The molecule has 0 radical (unpaired) electrons. The van der Waals surface area contributed by atoms with Crippen LogP contribution in [0, 0.1) is 3.57 Å². The highest BCUT2D eigenvalue weighted by molar-refractivity contribution is 14.1. The number of nitrogen functional groups attached to an aromatic ring is 3. The number of alkyl halides is 1. The van der Waals surface area contributed by atoms with Crippen LogP contribution in [-0.4, -0.2) is 146 Å². The summed E-state index contributed by atoms with van der Waals surface area (Å²) in [6.45, 7) is 40.6. The lowest BCUT2D eigenvalue weighted by molar-refractivity contribution is 0.00578. The molecular formula is C108H133B4Br4IN18O12. The summed E-state index contributed by atoms with van der Waals surface area (Å²) in [7, 11) is 5.05. The van der Waals surface area contributed by atoms with Crippen molar-refractivity contribution < 1.29 is 37.2 Å². The predicted octanol–water partition coefficient (Wildman–Crippen LogP) is 19.2. The first-order chi connectivity index (χ1) is 68.6. The van der Waals surface area contributed by atoms with Crippen LogP contribution in [-0.2, 0) is 65.4 Å². The fourth-order valence-electron chi connectivity index (χ4n) is 14.7. The Balaban J connectivity index is 0.000000173. The van der Waals surface area contributed by atoms with Crippen LogP contribution in [0.1, 0.15) is 191 Å². The summed E-state index contributed by atoms with van der Waals surface area (Å²) in [5.41, 5.74) is 27.1. The van der Waals surface area contributed by atoms with Crippen LogP contribution in [0.25, 0.3) is 33.4 Å². The molecular weight excluding hydrogens is 2230 g/mol. The first-order valence-corrected chi connectivity index (χ1v) is 51.9. The minimum absolute atomic E-state index is 0. The number of nitrogens with two attached hydrogens (primary N) is 3. The molecule has 15 aromatic rings. The predicted molar refractivity (Wildman–Crippen MR) is 615 cm³/mol. The number of rotatable bonds is 14. The van der Waals surface area contributed by atoms with Crippen molar-refractivity contribution in [1.82, 2.24) is 72.8 Å². The van der Waals surface area contributed by atoms with Gasteiger partial charge in [-0.05, 0) is 286 Å². The normalized spacial score (nSPS) is 16.5. The Kier molecular flexibility index (Phi) is 40.5. The molecule has 774 valence electrons. The number of anilines is 3. The second-order valence-corrected chi connectivity index (χ2v) is 44.7. The van der Waals surface area contributed by atoms with Crippen LogP contribution in [0.3, 0.4) is 0 Å². The largest absolute Gasteiger partial charge is 0.500 e. The van der Waals surface area contributed by atoms with Crippen molar-refractivity contribution in [3.05, 3.63) is 362 Å². The summed E-state index contributed by atoms with van der Waals surface area (Å²) < 4.78 is 62.5. The number of nitrogens with zero attached hydrogens (tertiary/aromatic N) is 14. The third-order valence-corrected chi connectivity index (χ3v) is 29.6. The van der Waals surface area contributed by atoms with Gasteiger partial charge in [0.15, 0.2) is 0 Å². The Morgan fingerprint density at radius 1 is 0.347 bits per heavy atom. The summed E-state index contributed by atoms with van der Waals surface area (Å²) in [4.78, 5) is 60.1. The number of H-pyrrole nitrogens is 1. The van der Waals surface area contributed by atoms with Gasteiger partial charge in [0.1, 0.15) is 17.5 Å². The van der Waals surface area contributed by atoms with E-state index in [1.54, 1.807) is 119 Å². The van der Waals surface area contributed by atoms with E-state index in [4.69, 9.17) is 54.4 Å². The van der Waals surface area contributed by atoms with E-state index < -0.39 is 36.6 Å². The highest BCUT2D eigenvalue weighted by Gasteiger charge is 2.56. The highest BCUT2D eigenvalue weighted by Crippen LogP contribution is 2.41. The van der Waals surface area contributed by atoms with Gasteiger partial charge in [0.25, 0.3) is 11.1 Å². The molecule has 4 atom stereocenters. The number of nitrogens with one attached hydrogen (secondary N) is 1. The average Bonchev–Trinajstić information content (AvgIpc) is 1.62. The number of pyridine rings is 7. The standard InChI is InChI=1S/C22H21N5O.C17H23BN2O2.C16H15BrN4.2C12H18BNO3.C9H15BN2O2.C8H9Br.C6H6BrNO.C5H4BrIN2.CH4/c1-15(16-7-4-3-5-8-16)27-14-18(13-25-27)20-11-17(12-24-21(20)23)19-9-6-10-26(2)22(19)28;1-13(14-9-7-6-8-10-14)20-12-15(11-19-20)18-21-16(2,3)17(4,5)22-18;1-11(12-5-3-2-4-6-12)21-10-13(8-20-21)15-7-14(17)9-19-16(15)18;2*1-11(2)12(3,4)17-13(16-11)9-7-6-8-14(5)10(9)15;1-8(2)9(3,4)14-10(13-8)7-5-11-12-6-7;1-7(9)8-5-3-2-4-6-8;1-8-4-2-3-5(7)6(8)9;6-3-1-4(7)5(8)9-2-3;/h3-15H,1-2H3,(H2,23,24);6-13H,1-5H3;2-11H,1H3,(H2,18,19);2*6-8H,1-5H3;5-6H,1-4H3,(H,11,12);2-7H,1H3;2-4H,1H3;1-2H,(H2,8,9);1H4. The number of aromatic nitrogens is 15. The fourth-order valence-corrected chi connectivity index (χ4v) is 17.0. The van der Waals surface area contributed by atoms with E-state index in [1.807, 2.05) is 243 Å². The third kappa shape index (κ3) is 30.0. The maximum absolute atomic E-state index is 12.4. The Bertz CT molecular complexity index is 6920. The van der Waals surface area contributed by atoms with Gasteiger partial charge in [-0.25, -0.2) is 15.0 Å². The lowest BCUT2D eigenvalue weighted by Gasteiger charge is -2.32. The number of aromatic amines is 1. The second kappa shape index (κ2) is 50.5. The van der Waals surface area contributed by atoms with Gasteiger partial charge in [-0.1, -0.05) is 157 Å². The molecule has 0 bridgehead atoms. The monoisotopic (exact) mass is 2360 g/mol. The molecule has 4 aliphatic rings. The zero-order valence-corrected chi connectivity index (χ0v) is 95.5. The molecule has 19 rings (SSSR count). The first-order valence-electron chi connectivity index (χ1n) is 47.5. The number of hydrogen-bond donors (Lipinski definition) is 4. The van der Waals surface area contributed by atoms with Gasteiger partial charge >= 0.3 is 28.5 Å². The molecule has 4 aromatic carbocycles. The molecule has 0 saturated carbocycles. The van der Waals surface area contributed by atoms with Crippen molar-refractivity contribution in [1.29, 1.82) is 0 Å². The Labute approximate surface area is 910 Å². The van der Waals surface area contributed by atoms with E-state index in [0.717, 1.165) is 51.3 Å². The van der Waals surface area contributed by atoms with Crippen LogP contribution in [0.2, 0.25) is 0 Å². The summed E-state index contributed by atoms with van der Waals surface area (Å²) in [6, 6.07) is 61.7. The van der Waals surface area contributed by atoms with E-state index in [1.165, 1.54) is 36.0 Å². The van der Waals surface area contributed by atoms with Gasteiger partial charge in [-0.15, -0.1) is 0 Å². The topological polar surface area (TPSA) is 361 Å². The van der Waals surface area contributed by atoms with Gasteiger partial charge in [-0.2, -0.15) is 20.4 Å². The number of benzene rings is 4. The summed E-state index contributed by atoms with van der Waals surface area (Å²) in [5.74, 6) is 1.49. The molecule has 0 aliphatic carbocycles. The molecule has 4 saturated heterocycles. The van der Waals surface area contributed by atoms with Crippen LogP contribution >= 0.6 is 86.3 Å². The zero-order chi connectivity index (χ0) is 107. The van der Waals surface area contributed by atoms with Crippen molar-refractivity contribution in [2.45, 2.75) is 214 Å². The molecule has 4 unspecified atom stereocenters. The molecule has 0 spiro atoms. The van der Waals surface area contributed by atoms with E-state index >= 15 is 0 Å². The Hall–Kier alpha value is -11.0. The smallest absolute Gasteiger partial charge is 0.399 e. The summed E-state index contributed by atoms with van der Waals surface area (Å²) in [5, 5.41) is 20.1. The van der Waals surface area contributed by atoms with Crippen LogP contribution < -0.4 is 61.3 Å². The minimum Gasteiger partial charge on any atom is -0.399 e. The molecule has 4 fully saturated rings. The van der Waals surface area contributed by atoms with Gasteiger partial charge in [0.2, 0.25) is 11.1 Å². The third-order valence-electron chi connectivity index (χ3n) is 26.8. The van der Waals surface area contributed by atoms with E-state index in [2.05, 4.69) is 231 Å². The molecule has 4 aliphatic heterocycles. The molecule has 15 heterocycles. The van der Waals surface area contributed by atoms with Crippen molar-refractivity contribution in [3.8, 4) is 33.4 Å². The van der Waals surface area contributed by atoms with Crippen molar-refractivity contribution in [3.63, 3.8) is 0 Å². The maximum Gasteiger partial charge on any atom is 0.500 e. The van der Waals surface area contributed by atoms with Crippen LogP contribution in [0.15, 0.2) is 314 Å². The number of hydrogen-bond acceptors (Lipinski definition) is 22. The minimum atomic E-state index is -0.583. The van der Waals surface area contributed by atoms with Gasteiger partial charge in [0.05, 0.1) is 83.4 Å². The number of aryl methyl sites for hydroxylation is 4. The van der Waals surface area contributed by atoms with E-state index in [-0.39, 0.29) is 84.4 Å². The lowest BCUT2D eigenvalue weighted by atomic mass is 9.80. The second-order valence-electron chi connectivity index (χ2n) is 39.5. The average molecular weight is 2370 g/mol. The zero-order valence-electron chi connectivity index (χ0n) is 87.0. The van der Waals surface area contributed by atoms with Gasteiger partial charge in [0, 0.05) is 178 Å². The van der Waals surface area contributed by atoms with Crippen LogP contribution in [0.4, 0.5) is 17.5 Å². The van der Waals surface area contributed by atoms with Crippen molar-refractivity contribution in [2.75, 3.05) is 17.2 Å². The SMILES string of the molecule is C.CC(Br)c1ccccc1.CC(c1ccccc1)n1cc(-c2cc(-c3cccn(C)c3=O)cnc2N)cn1.CC(c1ccccc1)n1cc(-c2cc(Br)cnc2N)cn1.CC(c1ccccc1)n1cc(B2OC(C)(C)C(C)(C)O2)cn1.CC1(C)OB(c2cn[nH]c2)OC1(C)C.Cn1cccc(B2OC(C)(C)C(C)(C)O2)c1=O.Cn1cccc(B2OC(C)(C)C(C)(C)O2)c1=O.Cn1cccc(Br)c1=O.Nc1ncc(Br)cc1I. The lowest BCUT2D eigenvalue weighted by Crippen LogP contribution is -2.46. The van der Waals surface area contributed by atoms with Crippen molar-refractivity contribution in [2.24, 2.45) is 28.2 Å². The molecule has 0 amide bonds. The van der Waals surface area contributed by atoms with E-state index in [9.17, 15) is 19.2 Å².